The molecule has 106 valence electrons. The molecule has 0 aliphatic heterocycles. The smallest absolute Gasteiger partial charge is 0.146 e. The molecule has 0 bridgehead atoms. The number of hydrogen-bond acceptors (Lipinski definition) is 2. The molecule has 2 rings (SSSR count). The van der Waals surface area contributed by atoms with Crippen LogP contribution < -0.4 is 5.32 Å². The van der Waals surface area contributed by atoms with Gasteiger partial charge in [0.1, 0.15) is 11.6 Å². The SMILES string of the molecule is CCCNC(Cc1cccc(F)c1)c1ncccc1F. The first-order valence-electron chi connectivity index (χ1n) is 6.79. The van der Waals surface area contributed by atoms with Gasteiger partial charge in [0.25, 0.3) is 0 Å². The van der Waals surface area contributed by atoms with Crippen molar-refractivity contribution in [2.75, 3.05) is 6.54 Å². The van der Waals surface area contributed by atoms with Crippen LogP contribution in [-0.4, -0.2) is 11.5 Å². The Kier molecular flexibility index (Phi) is 5.18. The lowest BCUT2D eigenvalue weighted by molar-refractivity contribution is 0.482. The summed E-state index contributed by atoms with van der Waals surface area (Å²) in [5.41, 5.74) is 1.20. The lowest BCUT2D eigenvalue weighted by Crippen LogP contribution is -2.26. The average Bonchev–Trinajstić information content (AvgIpc) is 2.44. The van der Waals surface area contributed by atoms with Gasteiger partial charge in [0.05, 0.1) is 11.7 Å². The Bertz CT molecular complexity index is 558. The molecule has 0 fully saturated rings. The molecule has 1 aromatic heterocycles. The van der Waals surface area contributed by atoms with Crippen LogP contribution in [0.2, 0.25) is 0 Å². The van der Waals surface area contributed by atoms with Gasteiger partial charge in [0.15, 0.2) is 0 Å². The van der Waals surface area contributed by atoms with E-state index in [1.807, 2.05) is 13.0 Å². The summed E-state index contributed by atoms with van der Waals surface area (Å²) in [5.74, 6) is -0.615. The Morgan fingerprint density at radius 2 is 2.05 bits per heavy atom. The Morgan fingerprint density at radius 1 is 1.20 bits per heavy atom. The van der Waals surface area contributed by atoms with E-state index < -0.39 is 0 Å². The summed E-state index contributed by atoms with van der Waals surface area (Å²) in [5, 5.41) is 3.27. The van der Waals surface area contributed by atoms with Crippen molar-refractivity contribution in [2.24, 2.45) is 0 Å². The van der Waals surface area contributed by atoms with Crippen LogP contribution in [0, 0.1) is 11.6 Å². The van der Waals surface area contributed by atoms with E-state index in [-0.39, 0.29) is 17.7 Å². The number of benzene rings is 1. The summed E-state index contributed by atoms with van der Waals surface area (Å²) in [4.78, 5) is 4.12. The third-order valence-corrected chi connectivity index (χ3v) is 3.09. The van der Waals surface area contributed by atoms with Crippen LogP contribution in [0.4, 0.5) is 8.78 Å². The molecule has 1 unspecified atom stereocenters. The minimum atomic E-state index is -0.336. The molecule has 0 saturated heterocycles. The van der Waals surface area contributed by atoms with E-state index >= 15 is 0 Å². The molecule has 20 heavy (non-hydrogen) atoms. The van der Waals surface area contributed by atoms with Crippen LogP contribution in [0.1, 0.15) is 30.6 Å². The van der Waals surface area contributed by atoms with Gasteiger partial charge in [-0.15, -0.1) is 0 Å². The highest BCUT2D eigenvalue weighted by molar-refractivity contribution is 5.21. The average molecular weight is 276 g/mol. The van der Waals surface area contributed by atoms with Crippen molar-refractivity contribution in [3.05, 3.63) is 65.5 Å². The normalized spacial score (nSPS) is 12.3. The Hall–Kier alpha value is -1.81. The molecule has 0 aliphatic carbocycles. The summed E-state index contributed by atoms with van der Waals surface area (Å²) < 4.78 is 27.1. The molecule has 1 aromatic carbocycles. The van der Waals surface area contributed by atoms with E-state index in [2.05, 4.69) is 10.3 Å². The number of aromatic nitrogens is 1. The second kappa shape index (κ2) is 7.10. The van der Waals surface area contributed by atoms with Crippen molar-refractivity contribution in [3.8, 4) is 0 Å². The van der Waals surface area contributed by atoms with E-state index in [1.165, 1.54) is 18.2 Å². The molecular formula is C16H18F2N2. The van der Waals surface area contributed by atoms with Crippen molar-refractivity contribution in [1.29, 1.82) is 0 Å². The van der Waals surface area contributed by atoms with Gasteiger partial charge in [0, 0.05) is 6.20 Å². The number of nitrogens with zero attached hydrogens (tertiary/aromatic N) is 1. The zero-order valence-electron chi connectivity index (χ0n) is 11.4. The van der Waals surface area contributed by atoms with Crippen molar-refractivity contribution < 1.29 is 8.78 Å². The predicted molar refractivity (Wildman–Crippen MR) is 75.3 cm³/mol. The van der Waals surface area contributed by atoms with E-state index in [0.717, 1.165) is 18.5 Å². The first-order chi connectivity index (χ1) is 9.70. The van der Waals surface area contributed by atoms with E-state index in [9.17, 15) is 8.78 Å². The number of rotatable bonds is 6. The number of halogens is 2. The van der Waals surface area contributed by atoms with Gasteiger partial charge < -0.3 is 5.32 Å². The van der Waals surface area contributed by atoms with Crippen molar-refractivity contribution in [1.82, 2.24) is 10.3 Å². The largest absolute Gasteiger partial charge is 0.308 e. The zero-order chi connectivity index (χ0) is 14.4. The molecular weight excluding hydrogens is 258 g/mol. The maximum Gasteiger partial charge on any atom is 0.146 e. The van der Waals surface area contributed by atoms with Crippen LogP contribution in [0.3, 0.4) is 0 Å². The highest BCUT2D eigenvalue weighted by Crippen LogP contribution is 2.19. The molecule has 2 aromatic rings. The van der Waals surface area contributed by atoms with Crippen LogP contribution in [-0.2, 0) is 6.42 Å². The molecule has 0 spiro atoms. The maximum absolute atomic E-state index is 13.9. The van der Waals surface area contributed by atoms with Crippen LogP contribution in [0.25, 0.3) is 0 Å². The topological polar surface area (TPSA) is 24.9 Å². The molecule has 0 radical (unpaired) electrons. The highest BCUT2D eigenvalue weighted by Gasteiger charge is 2.17. The predicted octanol–water partition coefficient (Wildman–Crippen LogP) is 3.64. The van der Waals surface area contributed by atoms with Crippen LogP contribution in [0.5, 0.6) is 0 Å². The van der Waals surface area contributed by atoms with Crippen molar-refractivity contribution >= 4 is 0 Å². The Labute approximate surface area is 117 Å². The lowest BCUT2D eigenvalue weighted by Gasteiger charge is -2.18. The monoisotopic (exact) mass is 276 g/mol. The van der Waals surface area contributed by atoms with Gasteiger partial charge in [-0.05, 0) is 49.2 Å². The zero-order valence-corrected chi connectivity index (χ0v) is 11.4. The fourth-order valence-corrected chi connectivity index (χ4v) is 2.14. The second-order valence-corrected chi connectivity index (χ2v) is 4.71. The van der Waals surface area contributed by atoms with Gasteiger partial charge >= 0.3 is 0 Å². The third kappa shape index (κ3) is 3.84. The number of pyridine rings is 1. The molecule has 1 atom stereocenters. The minimum absolute atomic E-state index is 0.252. The van der Waals surface area contributed by atoms with Gasteiger partial charge in [0.2, 0.25) is 0 Å². The molecule has 0 amide bonds. The fraction of sp³-hybridized carbons (Fsp3) is 0.312. The maximum atomic E-state index is 13.9. The Morgan fingerprint density at radius 3 is 2.75 bits per heavy atom. The highest BCUT2D eigenvalue weighted by atomic mass is 19.1. The summed E-state index contributed by atoms with van der Waals surface area (Å²) >= 11 is 0. The molecule has 2 nitrogen and oxygen atoms in total. The summed E-state index contributed by atoms with van der Waals surface area (Å²) in [6.07, 6.45) is 3.02. The number of nitrogens with one attached hydrogen (secondary N) is 1. The quantitative estimate of drug-likeness (QED) is 0.871. The second-order valence-electron chi connectivity index (χ2n) is 4.71. The lowest BCUT2D eigenvalue weighted by atomic mass is 10.0. The van der Waals surface area contributed by atoms with Crippen LogP contribution in [0.15, 0.2) is 42.6 Å². The molecule has 4 heteroatoms. The van der Waals surface area contributed by atoms with Gasteiger partial charge in [-0.1, -0.05) is 19.1 Å². The molecule has 1 N–H and O–H groups in total. The summed E-state index contributed by atoms with van der Waals surface area (Å²) in [7, 11) is 0. The van der Waals surface area contributed by atoms with E-state index in [4.69, 9.17) is 0 Å². The van der Waals surface area contributed by atoms with E-state index in [0.29, 0.717) is 12.1 Å². The van der Waals surface area contributed by atoms with E-state index in [1.54, 1.807) is 18.3 Å². The first kappa shape index (κ1) is 14.6. The van der Waals surface area contributed by atoms with Crippen LogP contribution >= 0.6 is 0 Å². The van der Waals surface area contributed by atoms with Crippen molar-refractivity contribution in [2.45, 2.75) is 25.8 Å². The Balaban J connectivity index is 2.22. The molecule has 0 saturated carbocycles. The van der Waals surface area contributed by atoms with Gasteiger partial charge in [-0.2, -0.15) is 0 Å². The molecule has 1 heterocycles. The van der Waals surface area contributed by atoms with Gasteiger partial charge in [-0.25, -0.2) is 8.78 Å². The first-order valence-corrected chi connectivity index (χ1v) is 6.79. The fourth-order valence-electron chi connectivity index (χ4n) is 2.14. The third-order valence-electron chi connectivity index (χ3n) is 3.09. The van der Waals surface area contributed by atoms with Crippen molar-refractivity contribution in [3.63, 3.8) is 0 Å². The summed E-state index contributed by atoms with van der Waals surface area (Å²) in [6, 6.07) is 9.09. The standard InChI is InChI=1S/C16H18F2N2/c1-2-8-19-15(16-14(18)7-4-9-20-16)11-12-5-3-6-13(17)10-12/h3-7,9-10,15,19H,2,8,11H2,1H3. The number of hydrogen-bond donors (Lipinski definition) is 1. The van der Waals surface area contributed by atoms with Gasteiger partial charge in [-0.3, -0.25) is 4.98 Å². The minimum Gasteiger partial charge on any atom is -0.308 e. The molecule has 0 aliphatic rings. The summed E-state index contributed by atoms with van der Waals surface area (Å²) in [6.45, 7) is 2.80.